The summed E-state index contributed by atoms with van der Waals surface area (Å²) in [6.45, 7) is 1.70. The highest BCUT2D eigenvalue weighted by atomic mass is 19.1. The molecule has 0 bridgehead atoms. The Kier molecular flexibility index (Phi) is 1.80. The highest BCUT2D eigenvalue weighted by molar-refractivity contribution is 5.77. The summed E-state index contributed by atoms with van der Waals surface area (Å²) in [5, 5.41) is 3.48. The molecule has 3 nitrogen and oxygen atoms in total. The van der Waals surface area contributed by atoms with E-state index in [9.17, 15) is 9.18 Å². The molecular formula is C6H7FN2O. The summed E-state index contributed by atoms with van der Waals surface area (Å²) in [5.41, 5.74) is 0. The summed E-state index contributed by atoms with van der Waals surface area (Å²) in [5.74, 6) is -0.689. The maximum absolute atomic E-state index is 12.2. The second-order valence-electron chi connectivity index (χ2n) is 1.85. The molecule has 0 atom stereocenters. The molecule has 0 amide bonds. The molecule has 0 saturated carbocycles. The van der Waals surface area contributed by atoms with E-state index in [4.69, 9.17) is 0 Å². The van der Waals surface area contributed by atoms with Crippen molar-refractivity contribution in [1.29, 1.82) is 0 Å². The molecule has 0 aromatic carbocycles. The smallest absolute Gasteiger partial charge is 0.246 e. The van der Waals surface area contributed by atoms with Crippen LogP contribution in [0, 0.1) is 5.82 Å². The first-order valence-electron chi connectivity index (χ1n) is 2.97. The fraction of sp³-hybridized carbons (Fsp3) is 0.333. The lowest BCUT2D eigenvalue weighted by molar-refractivity contribution is 0.0892. The molecule has 0 radical (unpaired) electrons. The van der Waals surface area contributed by atoms with Gasteiger partial charge in [-0.25, -0.2) is 9.07 Å². The van der Waals surface area contributed by atoms with E-state index in [-0.39, 0.29) is 5.91 Å². The molecule has 0 unspecified atom stereocenters. The predicted molar refractivity (Wildman–Crippen MR) is 33.1 cm³/mol. The number of halogens is 1. The molecule has 4 heteroatoms. The van der Waals surface area contributed by atoms with E-state index in [2.05, 4.69) is 5.10 Å². The van der Waals surface area contributed by atoms with E-state index >= 15 is 0 Å². The van der Waals surface area contributed by atoms with Gasteiger partial charge in [-0.15, -0.1) is 0 Å². The monoisotopic (exact) mass is 142 g/mol. The summed E-state index contributed by atoms with van der Waals surface area (Å²) in [4.78, 5) is 10.8. The molecule has 0 aliphatic heterocycles. The number of hydrogen-bond donors (Lipinski definition) is 0. The third-order valence-corrected chi connectivity index (χ3v) is 1.11. The first kappa shape index (κ1) is 6.92. The van der Waals surface area contributed by atoms with Crippen molar-refractivity contribution >= 4 is 5.91 Å². The van der Waals surface area contributed by atoms with Gasteiger partial charge in [0.1, 0.15) is 0 Å². The molecular weight excluding hydrogens is 135 g/mol. The van der Waals surface area contributed by atoms with Crippen molar-refractivity contribution in [3.8, 4) is 0 Å². The van der Waals surface area contributed by atoms with Crippen molar-refractivity contribution < 1.29 is 9.18 Å². The van der Waals surface area contributed by atoms with Gasteiger partial charge in [0.05, 0.1) is 12.4 Å². The van der Waals surface area contributed by atoms with Crippen LogP contribution in [0.4, 0.5) is 4.39 Å². The number of carbonyl (C=O) groups is 1. The summed E-state index contributed by atoms with van der Waals surface area (Å²) >= 11 is 0. The van der Waals surface area contributed by atoms with E-state index in [1.54, 1.807) is 6.92 Å². The Bertz CT molecular complexity index is 244. The van der Waals surface area contributed by atoms with E-state index in [1.807, 2.05) is 0 Å². The van der Waals surface area contributed by atoms with Gasteiger partial charge in [-0.2, -0.15) is 5.10 Å². The normalized spacial score (nSPS) is 9.80. The standard InChI is InChI=1S/C6H7FN2O/c1-2-6(10)9-4-5(7)3-8-9/h3-4H,2H2,1H3. The second-order valence-corrected chi connectivity index (χ2v) is 1.85. The highest BCUT2D eigenvalue weighted by Crippen LogP contribution is 1.94. The molecule has 0 aliphatic rings. The summed E-state index contributed by atoms with van der Waals surface area (Å²) in [7, 11) is 0. The highest BCUT2D eigenvalue weighted by Gasteiger charge is 2.02. The van der Waals surface area contributed by atoms with Crippen LogP contribution in [0.25, 0.3) is 0 Å². The van der Waals surface area contributed by atoms with E-state index in [0.717, 1.165) is 17.1 Å². The molecule has 0 saturated heterocycles. The Labute approximate surface area is 57.5 Å². The van der Waals surface area contributed by atoms with Crippen LogP contribution in [-0.4, -0.2) is 15.7 Å². The van der Waals surface area contributed by atoms with Gasteiger partial charge in [0, 0.05) is 6.42 Å². The first-order valence-corrected chi connectivity index (χ1v) is 2.97. The third kappa shape index (κ3) is 1.21. The lowest BCUT2D eigenvalue weighted by Crippen LogP contribution is -2.08. The fourth-order valence-electron chi connectivity index (χ4n) is 0.599. The molecule has 54 valence electrons. The number of nitrogens with zero attached hydrogens (tertiary/aromatic N) is 2. The molecule has 1 aromatic rings. The predicted octanol–water partition coefficient (Wildman–Crippen LogP) is 1.07. The van der Waals surface area contributed by atoms with Crippen molar-refractivity contribution in [3.63, 3.8) is 0 Å². The molecule has 10 heavy (non-hydrogen) atoms. The van der Waals surface area contributed by atoms with Crippen molar-refractivity contribution in [1.82, 2.24) is 9.78 Å². The van der Waals surface area contributed by atoms with Crippen molar-refractivity contribution in [2.45, 2.75) is 13.3 Å². The van der Waals surface area contributed by atoms with Crippen molar-refractivity contribution in [2.75, 3.05) is 0 Å². The number of aromatic nitrogens is 2. The Hall–Kier alpha value is -1.19. The van der Waals surface area contributed by atoms with Gasteiger partial charge < -0.3 is 0 Å². The number of carbonyl (C=O) groups excluding carboxylic acids is 1. The van der Waals surface area contributed by atoms with Gasteiger partial charge in [0.25, 0.3) is 0 Å². The zero-order valence-electron chi connectivity index (χ0n) is 5.54. The average Bonchev–Trinajstić information content (AvgIpc) is 2.34. The van der Waals surface area contributed by atoms with Gasteiger partial charge in [0.2, 0.25) is 5.91 Å². The zero-order valence-corrected chi connectivity index (χ0v) is 5.54. The van der Waals surface area contributed by atoms with Gasteiger partial charge in [-0.1, -0.05) is 6.92 Å². The molecule has 0 fully saturated rings. The zero-order chi connectivity index (χ0) is 7.56. The maximum Gasteiger partial charge on any atom is 0.246 e. The molecule has 1 rings (SSSR count). The lowest BCUT2D eigenvalue weighted by atomic mass is 10.5. The van der Waals surface area contributed by atoms with Crippen molar-refractivity contribution in [3.05, 3.63) is 18.2 Å². The van der Waals surface area contributed by atoms with Crippen LogP contribution < -0.4 is 0 Å². The van der Waals surface area contributed by atoms with Crippen LogP contribution in [0.15, 0.2) is 12.4 Å². The van der Waals surface area contributed by atoms with Crippen LogP contribution in [0.5, 0.6) is 0 Å². The Morgan fingerprint density at radius 2 is 2.60 bits per heavy atom. The van der Waals surface area contributed by atoms with E-state index in [1.165, 1.54) is 0 Å². The van der Waals surface area contributed by atoms with Crippen LogP contribution in [-0.2, 0) is 0 Å². The Balaban J connectivity index is 2.85. The van der Waals surface area contributed by atoms with Crippen LogP contribution >= 0.6 is 0 Å². The molecule has 0 aliphatic carbocycles. The van der Waals surface area contributed by atoms with Crippen LogP contribution in [0.1, 0.15) is 18.1 Å². The second kappa shape index (κ2) is 2.60. The Morgan fingerprint density at radius 3 is 3.00 bits per heavy atom. The minimum Gasteiger partial charge on any atom is -0.273 e. The van der Waals surface area contributed by atoms with Crippen LogP contribution in [0.2, 0.25) is 0 Å². The van der Waals surface area contributed by atoms with Gasteiger partial charge in [-0.3, -0.25) is 4.79 Å². The topological polar surface area (TPSA) is 34.9 Å². The maximum atomic E-state index is 12.2. The van der Waals surface area contributed by atoms with Gasteiger partial charge in [-0.05, 0) is 0 Å². The molecule has 0 spiro atoms. The first-order chi connectivity index (χ1) is 4.74. The minimum atomic E-state index is -0.484. The summed E-state index contributed by atoms with van der Waals surface area (Å²) in [6, 6.07) is 0. The fourth-order valence-corrected chi connectivity index (χ4v) is 0.599. The largest absolute Gasteiger partial charge is 0.273 e. The van der Waals surface area contributed by atoms with Crippen molar-refractivity contribution in [2.24, 2.45) is 0 Å². The quantitative estimate of drug-likeness (QED) is 0.587. The molecule has 0 N–H and O–H groups in total. The minimum absolute atomic E-state index is 0.205. The van der Waals surface area contributed by atoms with Gasteiger partial charge >= 0.3 is 0 Å². The molecule has 1 aromatic heterocycles. The number of rotatable bonds is 1. The SMILES string of the molecule is CCC(=O)n1cc(F)cn1. The summed E-state index contributed by atoms with van der Waals surface area (Å²) in [6.07, 6.45) is 2.40. The van der Waals surface area contributed by atoms with Gasteiger partial charge in [0.15, 0.2) is 5.82 Å². The van der Waals surface area contributed by atoms with Crippen LogP contribution in [0.3, 0.4) is 0 Å². The van der Waals surface area contributed by atoms with E-state index < -0.39 is 5.82 Å². The van der Waals surface area contributed by atoms with E-state index in [0.29, 0.717) is 6.42 Å². The third-order valence-electron chi connectivity index (χ3n) is 1.11. The Morgan fingerprint density at radius 1 is 1.90 bits per heavy atom. The number of hydrogen-bond acceptors (Lipinski definition) is 2. The summed E-state index contributed by atoms with van der Waals surface area (Å²) < 4.78 is 13.2. The molecule has 1 heterocycles. The average molecular weight is 142 g/mol. The lowest BCUT2D eigenvalue weighted by Gasteiger charge is -1.91.